The van der Waals surface area contributed by atoms with E-state index in [0.717, 1.165) is 12.8 Å². The summed E-state index contributed by atoms with van der Waals surface area (Å²) in [5, 5.41) is 3.42. The van der Waals surface area contributed by atoms with Gasteiger partial charge in [0.2, 0.25) is 0 Å². The number of thiazole rings is 1. The minimum atomic E-state index is 0.591. The van der Waals surface area contributed by atoms with Gasteiger partial charge in [0, 0.05) is 16.6 Å². The maximum absolute atomic E-state index is 4.51. The molecule has 0 spiro atoms. The summed E-state index contributed by atoms with van der Waals surface area (Å²) >= 11 is 5.39. The molecule has 0 aromatic carbocycles. The van der Waals surface area contributed by atoms with Crippen LogP contribution in [0.3, 0.4) is 0 Å². The number of nitrogens with zero attached hydrogens (tertiary/aromatic N) is 1. The molecule has 1 nitrogen and oxygen atoms in total. The summed E-state index contributed by atoms with van der Waals surface area (Å²) in [6.07, 6.45) is 3.29. The van der Waals surface area contributed by atoms with Crippen LogP contribution in [0.1, 0.15) is 31.0 Å². The molecule has 0 saturated heterocycles. The van der Waals surface area contributed by atoms with E-state index in [1.807, 2.05) is 0 Å². The molecule has 1 aromatic rings. The lowest BCUT2D eigenvalue weighted by Crippen LogP contribution is -1.99. The van der Waals surface area contributed by atoms with Gasteiger partial charge in [0.05, 0.1) is 10.7 Å². The number of aryl methyl sites for hydroxylation is 1. The Morgan fingerprint density at radius 3 is 2.83 bits per heavy atom. The Hall–Kier alpha value is 0.110. The number of aromatic nitrogens is 1. The van der Waals surface area contributed by atoms with Gasteiger partial charge in [0.1, 0.15) is 0 Å². The lowest BCUT2D eigenvalue weighted by Gasteiger charge is -2.01. The Bertz CT molecular complexity index is 234. The van der Waals surface area contributed by atoms with E-state index in [2.05, 4.69) is 40.1 Å². The van der Waals surface area contributed by atoms with Crippen LogP contribution in [0.15, 0.2) is 5.38 Å². The SMILES string of the molecule is CCc1csc(CC(Br)CC)n1. The van der Waals surface area contributed by atoms with Crippen molar-refractivity contribution in [1.29, 1.82) is 0 Å². The lowest BCUT2D eigenvalue weighted by atomic mass is 10.2. The molecule has 1 aromatic heterocycles. The van der Waals surface area contributed by atoms with Gasteiger partial charge < -0.3 is 0 Å². The van der Waals surface area contributed by atoms with E-state index in [-0.39, 0.29) is 0 Å². The molecular formula is C9H14BrNS. The van der Waals surface area contributed by atoms with Gasteiger partial charge >= 0.3 is 0 Å². The Morgan fingerprint density at radius 2 is 2.33 bits per heavy atom. The van der Waals surface area contributed by atoms with Crippen LogP contribution < -0.4 is 0 Å². The highest BCUT2D eigenvalue weighted by Gasteiger charge is 2.05. The summed E-state index contributed by atoms with van der Waals surface area (Å²) in [6, 6.07) is 0. The Balaban J connectivity index is 2.52. The zero-order chi connectivity index (χ0) is 8.97. The maximum Gasteiger partial charge on any atom is 0.0939 e. The standard InChI is InChI=1S/C9H14BrNS/c1-3-7(10)5-9-11-8(4-2)6-12-9/h6-7H,3-5H2,1-2H3. The molecule has 1 atom stereocenters. The summed E-state index contributed by atoms with van der Waals surface area (Å²) in [4.78, 5) is 5.10. The highest BCUT2D eigenvalue weighted by Crippen LogP contribution is 2.17. The maximum atomic E-state index is 4.51. The predicted molar refractivity (Wildman–Crippen MR) is 58.2 cm³/mol. The molecule has 0 bridgehead atoms. The van der Waals surface area contributed by atoms with Gasteiger partial charge in [-0.25, -0.2) is 4.98 Å². The van der Waals surface area contributed by atoms with Crippen molar-refractivity contribution in [2.24, 2.45) is 0 Å². The Morgan fingerprint density at radius 1 is 1.58 bits per heavy atom. The largest absolute Gasteiger partial charge is 0.246 e. The van der Waals surface area contributed by atoms with Gasteiger partial charge in [0.15, 0.2) is 0 Å². The minimum Gasteiger partial charge on any atom is -0.246 e. The first-order chi connectivity index (χ1) is 5.76. The van der Waals surface area contributed by atoms with Crippen LogP contribution in [-0.4, -0.2) is 9.81 Å². The average Bonchev–Trinajstić information content (AvgIpc) is 2.52. The molecule has 68 valence electrons. The van der Waals surface area contributed by atoms with Gasteiger partial charge in [0.25, 0.3) is 0 Å². The third-order valence-electron chi connectivity index (χ3n) is 1.80. The van der Waals surface area contributed by atoms with E-state index in [9.17, 15) is 0 Å². The van der Waals surface area contributed by atoms with Crippen LogP contribution in [0.2, 0.25) is 0 Å². The van der Waals surface area contributed by atoms with Crippen molar-refractivity contribution in [3.05, 3.63) is 16.1 Å². The lowest BCUT2D eigenvalue weighted by molar-refractivity contribution is 0.818. The van der Waals surface area contributed by atoms with E-state index >= 15 is 0 Å². The van der Waals surface area contributed by atoms with Crippen molar-refractivity contribution >= 4 is 27.3 Å². The van der Waals surface area contributed by atoms with Crippen LogP contribution in [0, 0.1) is 0 Å². The van der Waals surface area contributed by atoms with Crippen LogP contribution in [0.4, 0.5) is 0 Å². The van der Waals surface area contributed by atoms with Crippen molar-refractivity contribution in [2.45, 2.75) is 37.9 Å². The zero-order valence-electron chi connectivity index (χ0n) is 7.51. The number of hydrogen-bond donors (Lipinski definition) is 0. The zero-order valence-corrected chi connectivity index (χ0v) is 9.91. The van der Waals surface area contributed by atoms with Gasteiger partial charge in [-0.15, -0.1) is 11.3 Å². The quantitative estimate of drug-likeness (QED) is 0.744. The van der Waals surface area contributed by atoms with Gasteiger partial charge in [-0.3, -0.25) is 0 Å². The Labute approximate surface area is 86.3 Å². The number of rotatable bonds is 4. The fourth-order valence-corrected chi connectivity index (χ4v) is 2.42. The molecule has 0 amide bonds. The van der Waals surface area contributed by atoms with Gasteiger partial charge in [-0.1, -0.05) is 29.8 Å². The first-order valence-corrected chi connectivity index (χ1v) is 6.13. The first kappa shape index (κ1) is 10.2. The molecule has 0 aliphatic rings. The molecule has 0 radical (unpaired) electrons. The van der Waals surface area contributed by atoms with E-state index in [1.165, 1.54) is 17.1 Å². The highest BCUT2D eigenvalue weighted by atomic mass is 79.9. The van der Waals surface area contributed by atoms with Crippen molar-refractivity contribution in [2.75, 3.05) is 0 Å². The van der Waals surface area contributed by atoms with E-state index in [4.69, 9.17) is 0 Å². The van der Waals surface area contributed by atoms with Crippen molar-refractivity contribution in [3.8, 4) is 0 Å². The van der Waals surface area contributed by atoms with Gasteiger partial charge in [-0.2, -0.15) is 0 Å². The first-order valence-electron chi connectivity index (χ1n) is 4.33. The van der Waals surface area contributed by atoms with E-state index in [0.29, 0.717) is 4.83 Å². The summed E-state index contributed by atoms with van der Waals surface area (Å²) in [7, 11) is 0. The Kier molecular flexibility index (Phi) is 4.22. The molecule has 0 aliphatic heterocycles. The fourth-order valence-electron chi connectivity index (χ4n) is 0.939. The van der Waals surface area contributed by atoms with Crippen molar-refractivity contribution < 1.29 is 0 Å². The van der Waals surface area contributed by atoms with Crippen LogP contribution in [0.25, 0.3) is 0 Å². The van der Waals surface area contributed by atoms with Crippen LogP contribution in [0.5, 0.6) is 0 Å². The number of hydrogen-bond acceptors (Lipinski definition) is 2. The molecule has 3 heteroatoms. The second-order valence-corrected chi connectivity index (χ2v) is 5.03. The second kappa shape index (κ2) is 4.97. The highest BCUT2D eigenvalue weighted by molar-refractivity contribution is 9.09. The molecule has 0 saturated carbocycles. The molecule has 1 heterocycles. The number of halogens is 1. The molecule has 12 heavy (non-hydrogen) atoms. The topological polar surface area (TPSA) is 12.9 Å². The molecule has 0 aliphatic carbocycles. The minimum absolute atomic E-state index is 0.591. The fraction of sp³-hybridized carbons (Fsp3) is 0.667. The predicted octanol–water partition coefficient (Wildman–Crippen LogP) is 3.42. The number of alkyl halides is 1. The third kappa shape index (κ3) is 2.87. The van der Waals surface area contributed by atoms with Crippen LogP contribution in [-0.2, 0) is 12.8 Å². The average molecular weight is 248 g/mol. The third-order valence-corrected chi connectivity index (χ3v) is 3.69. The van der Waals surface area contributed by atoms with Gasteiger partial charge in [-0.05, 0) is 12.8 Å². The normalized spacial score (nSPS) is 13.2. The summed E-state index contributed by atoms with van der Waals surface area (Å²) < 4.78 is 0. The summed E-state index contributed by atoms with van der Waals surface area (Å²) in [5.74, 6) is 0. The van der Waals surface area contributed by atoms with E-state index < -0.39 is 0 Å². The smallest absolute Gasteiger partial charge is 0.0939 e. The second-order valence-electron chi connectivity index (χ2n) is 2.80. The van der Waals surface area contributed by atoms with Crippen molar-refractivity contribution in [3.63, 3.8) is 0 Å². The van der Waals surface area contributed by atoms with Crippen molar-refractivity contribution in [1.82, 2.24) is 4.98 Å². The molecular weight excluding hydrogens is 234 g/mol. The molecule has 1 rings (SSSR count). The van der Waals surface area contributed by atoms with E-state index in [1.54, 1.807) is 11.3 Å². The molecule has 0 N–H and O–H groups in total. The summed E-state index contributed by atoms with van der Waals surface area (Å²) in [6.45, 7) is 4.33. The monoisotopic (exact) mass is 247 g/mol. The molecule has 0 fully saturated rings. The molecule has 1 unspecified atom stereocenters. The summed E-state index contributed by atoms with van der Waals surface area (Å²) in [5.41, 5.74) is 1.23. The van der Waals surface area contributed by atoms with Crippen LogP contribution >= 0.6 is 27.3 Å².